The number of rotatable bonds is 4. The summed E-state index contributed by atoms with van der Waals surface area (Å²) in [5.41, 5.74) is 0. The first-order chi connectivity index (χ1) is 24.1. The molecule has 23 atom stereocenters. The molecule has 15 unspecified atom stereocenters. The molecule has 0 aliphatic carbocycles. The third-order valence-electron chi connectivity index (χ3n) is 12.0. The van der Waals surface area contributed by atoms with Gasteiger partial charge in [-0.3, -0.25) is 0 Å². The molecule has 0 aromatic carbocycles. The van der Waals surface area contributed by atoms with Crippen molar-refractivity contribution in [2.45, 2.75) is 182 Å². The molecule has 5 rings (SSSR count). The molecule has 0 amide bonds. The van der Waals surface area contributed by atoms with Crippen molar-refractivity contribution >= 4 is 0 Å². The van der Waals surface area contributed by atoms with Crippen LogP contribution in [-0.4, -0.2) is 139 Å². The molecule has 5 heterocycles. The SMILES string of the molecule is CC1=C[C@@H](O)C(O)C(O)O1.CC1OC(O)C(C)[C@H](O)[C@@H]1O.CC1OC(O[C@H]2C(C)OC(O[C@H]3C(C)OC(O)C(C)[C@@H]3C)C(C)[C@@H]2O)C(C)[C@H](C)C1C. The Morgan fingerprint density at radius 3 is 1.52 bits per heavy atom. The molecule has 306 valence electrons. The van der Waals surface area contributed by atoms with Gasteiger partial charge in [-0.2, -0.15) is 0 Å². The van der Waals surface area contributed by atoms with E-state index in [-0.39, 0.29) is 54.4 Å². The fourth-order valence-electron chi connectivity index (χ4n) is 7.21. The van der Waals surface area contributed by atoms with Crippen molar-refractivity contribution in [2.24, 2.45) is 41.4 Å². The minimum absolute atomic E-state index is 0.0464. The molecule has 4 saturated heterocycles. The highest BCUT2D eigenvalue weighted by Crippen LogP contribution is 2.39. The standard InChI is InChI=1S/C24H44O7.C7H14O4.C6H10O4/c1-10-11(2)16(7)28-23(14(10)5)31-21-18(9)29-24(15(6)19(21)25)30-20-12(3)13(4)22(26)27-17(20)8;1-3-5(8)6(9)4(2)11-7(3)10;1-3-2-4(7)5(8)6(9)10-3/h10-26H,1-9H3;3-10H,1-2H3;2,4-9H,1H3/t10-,11?,12+,13?,14?,15?,16?,17?,18?,19+,20-,21+,22?,23?,24?;3?,4?,5-,6+,7?;4-,5?,6?/m101/s1. The zero-order valence-corrected chi connectivity index (χ0v) is 32.8. The third-order valence-corrected chi connectivity index (χ3v) is 12.0. The van der Waals surface area contributed by atoms with E-state index in [9.17, 15) is 20.4 Å². The van der Waals surface area contributed by atoms with Crippen molar-refractivity contribution in [3.05, 3.63) is 11.8 Å². The van der Waals surface area contributed by atoms with E-state index in [4.69, 9.17) is 48.8 Å². The lowest BCUT2D eigenvalue weighted by Gasteiger charge is -2.49. The highest BCUT2D eigenvalue weighted by atomic mass is 16.7. The van der Waals surface area contributed by atoms with Crippen molar-refractivity contribution in [2.75, 3.05) is 0 Å². The fourth-order valence-corrected chi connectivity index (χ4v) is 7.21. The van der Waals surface area contributed by atoms with Crippen molar-refractivity contribution in [1.82, 2.24) is 0 Å². The number of hydrogen-bond donors (Lipinski definition) is 8. The summed E-state index contributed by atoms with van der Waals surface area (Å²) in [6.45, 7) is 23.3. The summed E-state index contributed by atoms with van der Waals surface area (Å²) in [6.07, 6.45) is -9.19. The predicted molar refractivity (Wildman–Crippen MR) is 187 cm³/mol. The quantitative estimate of drug-likeness (QED) is 0.202. The number of allylic oxidation sites excluding steroid dienone is 1. The summed E-state index contributed by atoms with van der Waals surface area (Å²) >= 11 is 0. The van der Waals surface area contributed by atoms with Gasteiger partial charge in [0.1, 0.15) is 24.4 Å². The van der Waals surface area contributed by atoms with Crippen molar-refractivity contribution < 1.29 is 74.0 Å². The summed E-state index contributed by atoms with van der Waals surface area (Å²) < 4.78 is 40.3. The lowest BCUT2D eigenvalue weighted by Crippen LogP contribution is -2.59. The Kier molecular flexibility index (Phi) is 16.8. The lowest BCUT2D eigenvalue weighted by molar-refractivity contribution is -0.348. The molecule has 0 spiro atoms. The molecule has 5 aliphatic heterocycles. The lowest BCUT2D eigenvalue weighted by atomic mass is 9.79. The van der Waals surface area contributed by atoms with Gasteiger partial charge < -0.3 is 74.0 Å². The molecule has 0 aromatic rings. The molecule has 0 radical (unpaired) electrons. The Labute approximate surface area is 308 Å². The van der Waals surface area contributed by atoms with Gasteiger partial charge in [0.25, 0.3) is 0 Å². The van der Waals surface area contributed by atoms with Gasteiger partial charge >= 0.3 is 0 Å². The van der Waals surface area contributed by atoms with Crippen molar-refractivity contribution in [1.29, 1.82) is 0 Å². The Bertz CT molecular complexity index is 1100. The van der Waals surface area contributed by atoms with E-state index in [0.29, 0.717) is 17.6 Å². The third kappa shape index (κ3) is 10.6. The van der Waals surface area contributed by atoms with E-state index < -0.39 is 73.8 Å². The molecule has 15 nitrogen and oxygen atoms in total. The van der Waals surface area contributed by atoms with E-state index >= 15 is 0 Å². The van der Waals surface area contributed by atoms with E-state index in [1.807, 2.05) is 27.7 Å². The number of hydrogen-bond acceptors (Lipinski definition) is 15. The van der Waals surface area contributed by atoms with Crippen LogP contribution in [0.3, 0.4) is 0 Å². The summed E-state index contributed by atoms with van der Waals surface area (Å²) in [5.74, 6) is 0.906. The van der Waals surface area contributed by atoms with Crippen LogP contribution in [0.5, 0.6) is 0 Å². The normalized spacial score (nSPS) is 52.5. The van der Waals surface area contributed by atoms with Gasteiger partial charge in [0.2, 0.25) is 6.29 Å². The second-order valence-corrected chi connectivity index (χ2v) is 15.8. The van der Waals surface area contributed by atoms with Gasteiger partial charge in [0, 0.05) is 23.7 Å². The number of aliphatic hydroxyl groups is 8. The Morgan fingerprint density at radius 1 is 0.423 bits per heavy atom. The molecule has 5 aliphatic rings. The first kappa shape index (κ1) is 45.4. The number of aliphatic hydroxyl groups excluding tert-OH is 8. The fraction of sp³-hybridized carbons (Fsp3) is 0.946. The zero-order chi connectivity index (χ0) is 39.5. The van der Waals surface area contributed by atoms with E-state index in [0.717, 1.165) is 0 Å². The second-order valence-electron chi connectivity index (χ2n) is 15.8. The maximum absolute atomic E-state index is 11.1. The predicted octanol–water partition coefficient (Wildman–Crippen LogP) is 1.20. The minimum atomic E-state index is -1.31. The largest absolute Gasteiger partial charge is 0.467 e. The summed E-state index contributed by atoms with van der Waals surface area (Å²) in [7, 11) is 0. The van der Waals surface area contributed by atoms with E-state index in [1.165, 1.54) is 6.08 Å². The average Bonchev–Trinajstić information content (AvgIpc) is 3.08. The molecule has 52 heavy (non-hydrogen) atoms. The Balaban J connectivity index is 0.000000281. The van der Waals surface area contributed by atoms with Crippen LogP contribution in [0.4, 0.5) is 0 Å². The first-order valence-electron chi connectivity index (χ1n) is 18.8. The van der Waals surface area contributed by atoms with E-state index in [1.54, 1.807) is 20.8 Å². The molecule has 8 N–H and O–H groups in total. The molecular formula is C37H68O15. The van der Waals surface area contributed by atoms with Gasteiger partial charge in [0.05, 0.1) is 48.5 Å². The highest BCUT2D eigenvalue weighted by Gasteiger charge is 2.49. The van der Waals surface area contributed by atoms with Gasteiger partial charge in [0.15, 0.2) is 25.2 Å². The molecule has 0 aromatic heterocycles. The summed E-state index contributed by atoms with van der Waals surface area (Å²) in [6, 6.07) is 0. The monoisotopic (exact) mass is 752 g/mol. The first-order valence-corrected chi connectivity index (χ1v) is 18.8. The highest BCUT2D eigenvalue weighted by molar-refractivity contribution is 5.02. The van der Waals surface area contributed by atoms with Crippen LogP contribution >= 0.6 is 0 Å². The van der Waals surface area contributed by atoms with Crippen LogP contribution in [0.15, 0.2) is 11.8 Å². The van der Waals surface area contributed by atoms with Gasteiger partial charge in [-0.25, -0.2) is 0 Å². The van der Waals surface area contributed by atoms with Crippen LogP contribution in [0, 0.1) is 41.4 Å². The maximum Gasteiger partial charge on any atom is 0.226 e. The minimum Gasteiger partial charge on any atom is -0.467 e. The maximum atomic E-state index is 11.1. The molecular weight excluding hydrogens is 684 g/mol. The van der Waals surface area contributed by atoms with Gasteiger partial charge in [-0.05, 0) is 58.4 Å². The van der Waals surface area contributed by atoms with Crippen molar-refractivity contribution in [3.63, 3.8) is 0 Å². The van der Waals surface area contributed by atoms with Crippen LogP contribution in [0.2, 0.25) is 0 Å². The topological polar surface area (TPSA) is 226 Å². The van der Waals surface area contributed by atoms with Crippen LogP contribution in [-0.2, 0) is 33.2 Å². The van der Waals surface area contributed by atoms with Gasteiger partial charge in [-0.1, -0.05) is 48.5 Å². The van der Waals surface area contributed by atoms with Crippen LogP contribution in [0.25, 0.3) is 0 Å². The summed E-state index contributed by atoms with van der Waals surface area (Å²) in [5, 5.41) is 75.6. The van der Waals surface area contributed by atoms with Crippen LogP contribution in [0.1, 0.15) is 83.1 Å². The average molecular weight is 753 g/mol. The molecule has 0 saturated carbocycles. The smallest absolute Gasteiger partial charge is 0.226 e. The van der Waals surface area contributed by atoms with Gasteiger partial charge in [-0.15, -0.1) is 0 Å². The Hall–Kier alpha value is -1.02. The summed E-state index contributed by atoms with van der Waals surface area (Å²) in [4.78, 5) is 0. The van der Waals surface area contributed by atoms with Crippen molar-refractivity contribution in [3.8, 4) is 0 Å². The van der Waals surface area contributed by atoms with Crippen LogP contribution < -0.4 is 0 Å². The zero-order valence-electron chi connectivity index (χ0n) is 32.8. The van der Waals surface area contributed by atoms with E-state index in [2.05, 4.69) is 39.4 Å². The molecule has 4 fully saturated rings. The number of ether oxygens (including phenoxy) is 7. The Morgan fingerprint density at radius 2 is 0.923 bits per heavy atom. The molecule has 0 bridgehead atoms. The second kappa shape index (κ2) is 19.2. The molecule has 15 heteroatoms.